The lowest BCUT2D eigenvalue weighted by molar-refractivity contribution is -0.135. The SMILES string of the molecule is Cl.O=C(NCC1CCCN(C(=O)C2(c3cccc(F)c3)CC2)C1)C1CCCN1. The predicted molar refractivity (Wildman–Crippen MR) is 108 cm³/mol. The van der Waals surface area contributed by atoms with E-state index in [0.29, 0.717) is 13.1 Å². The molecule has 2 heterocycles. The lowest BCUT2D eigenvalue weighted by Gasteiger charge is -2.35. The summed E-state index contributed by atoms with van der Waals surface area (Å²) < 4.78 is 13.6. The zero-order valence-corrected chi connectivity index (χ0v) is 16.9. The Morgan fingerprint density at radius 3 is 2.75 bits per heavy atom. The molecule has 3 aliphatic rings. The Morgan fingerprint density at radius 1 is 1.25 bits per heavy atom. The van der Waals surface area contributed by atoms with E-state index in [1.165, 1.54) is 12.1 Å². The van der Waals surface area contributed by atoms with Crippen LogP contribution in [0.3, 0.4) is 0 Å². The predicted octanol–water partition coefficient (Wildman–Crippen LogP) is 2.39. The molecular weight excluding hydrogens is 381 g/mol. The zero-order chi connectivity index (χ0) is 18.9. The lowest BCUT2D eigenvalue weighted by Crippen LogP contribution is -2.49. The summed E-state index contributed by atoms with van der Waals surface area (Å²) >= 11 is 0. The summed E-state index contributed by atoms with van der Waals surface area (Å²) in [6, 6.07) is 6.41. The van der Waals surface area contributed by atoms with Gasteiger partial charge in [0.1, 0.15) is 5.82 Å². The highest BCUT2D eigenvalue weighted by atomic mass is 35.5. The van der Waals surface area contributed by atoms with E-state index in [1.807, 2.05) is 11.0 Å². The minimum atomic E-state index is -0.527. The minimum Gasteiger partial charge on any atom is -0.354 e. The van der Waals surface area contributed by atoms with E-state index in [1.54, 1.807) is 6.07 Å². The lowest BCUT2D eigenvalue weighted by atomic mass is 9.91. The van der Waals surface area contributed by atoms with Crippen LogP contribution in [0.5, 0.6) is 0 Å². The summed E-state index contributed by atoms with van der Waals surface area (Å²) in [5, 5.41) is 6.27. The fourth-order valence-corrected chi connectivity index (χ4v) is 4.53. The van der Waals surface area contributed by atoms with E-state index in [9.17, 15) is 14.0 Å². The number of rotatable bonds is 5. The van der Waals surface area contributed by atoms with Crippen LogP contribution >= 0.6 is 12.4 Å². The maximum absolute atomic E-state index is 13.6. The van der Waals surface area contributed by atoms with Crippen molar-refractivity contribution in [1.82, 2.24) is 15.5 Å². The minimum absolute atomic E-state index is 0. The molecule has 2 aliphatic heterocycles. The van der Waals surface area contributed by atoms with E-state index >= 15 is 0 Å². The Balaban J connectivity index is 0.00000225. The van der Waals surface area contributed by atoms with Gasteiger partial charge in [-0.2, -0.15) is 0 Å². The topological polar surface area (TPSA) is 61.4 Å². The van der Waals surface area contributed by atoms with Crippen LogP contribution in [-0.2, 0) is 15.0 Å². The normalized spacial score (nSPS) is 25.7. The van der Waals surface area contributed by atoms with Gasteiger partial charge in [0.2, 0.25) is 11.8 Å². The largest absolute Gasteiger partial charge is 0.354 e. The van der Waals surface area contributed by atoms with E-state index in [2.05, 4.69) is 10.6 Å². The monoisotopic (exact) mass is 409 g/mol. The van der Waals surface area contributed by atoms with Crippen LogP contribution in [0.15, 0.2) is 24.3 Å². The maximum atomic E-state index is 13.6. The number of hydrogen-bond donors (Lipinski definition) is 2. The Labute approximate surface area is 171 Å². The summed E-state index contributed by atoms with van der Waals surface area (Å²) in [7, 11) is 0. The third-order valence-electron chi connectivity index (χ3n) is 6.28. The molecule has 1 aromatic rings. The molecule has 0 radical (unpaired) electrons. The van der Waals surface area contributed by atoms with Gasteiger partial charge in [-0.3, -0.25) is 9.59 Å². The number of piperidine rings is 1. The number of carbonyl (C=O) groups excluding carboxylic acids is 2. The molecule has 2 saturated heterocycles. The van der Waals surface area contributed by atoms with Crippen molar-refractivity contribution in [2.45, 2.75) is 50.0 Å². The molecule has 2 N–H and O–H groups in total. The van der Waals surface area contributed by atoms with Gasteiger partial charge in [-0.15, -0.1) is 12.4 Å². The molecule has 28 heavy (non-hydrogen) atoms. The first-order valence-electron chi connectivity index (χ1n) is 10.1. The van der Waals surface area contributed by atoms with Crippen LogP contribution in [0.25, 0.3) is 0 Å². The second-order valence-corrected chi connectivity index (χ2v) is 8.25. The second-order valence-electron chi connectivity index (χ2n) is 8.25. The number of nitrogens with one attached hydrogen (secondary N) is 2. The molecule has 1 saturated carbocycles. The van der Waals surface area contributed by atoms with Crippen LogP contribution in [0.4, 0.5) is 4.39 Å². The Bertz CT molecular complexity index is 719. The van der Waals surface area contributed by atoms with Gasteiger partial charge in [-0.05, 0) is 68.7 Å². The number of hydrogen-bond acceptors (Lipinski definition) is 3. The van der Waals surface area contributed by atoms with E-state index in [4.69, 9.17) is 0 Å². The third kappa shape index (κ3) is 4.33. The molecule has 5 nitrogen and oxygen atoms in total. The third-order valence-corrected chi connectivity index (χ3v) is 6.28. The molecule has 1 aromatic carbocycles. The summed E-state index contributed by atoms with van der Waals surface area (Å²) in [5.41, 5.74) is 0.274. The number of benzene rings is 1. The number of halogens is 2. The molecule has 0 spiro atoms. The fraction of sp³-hybridized carbons (Fsp3) is 0.619. The molecular formula is C21H29ClFN3O2. The molecule has 7 heteroatoms. The van der Waals surface area contributed by atoms with E-state index in [0.717, 1.165) is 57.2 Å². The van der Waals surface area contributed by atoms with Gasteiger partial charge < -0.3 is 15.5 Å². The van der Waals surface area contributed by atoms with Crippen LogP contribution in [-0.4, -0.2) is 48.9 Å². The second kappa shape index (κ2) is 8.78. The number of nitrogens with zero attached hydrogens (tertiary/aromatic N) is 1. The number of likely N-dealkylation sites (tertiary alicyclic amines) is 1. The quantitative estimate of drug-likeness (QED) is 0.785. The summed E-state index contributed by atoms with van der Waals surface area (Å²) in [6.45, 7) is 2.96. The van der Waals surface area contributed by atoms with Crippen molar-refractivity contribution in [2.24, 2.45) is 5.92 Å². The van der Waals surface area contributed by atoms with Gasteiger partial charge >= 0.3 is 0 Å². The highest BCUT2D eigenvalue weighted by molar-refractivity contribution is 5.91. The molecule has 2 atom stereocenters. The van der Waals surface area contributed by atoms with Crippen molar-refractivity contribution in [2.75, 3.05) is 26.2 Å². The highest BCUT2D eigenvalue weighted by Crippen LogP contribution is 2.50. The fourth-order valence-electron chi connectivity index (χ4n) is 4.53. The van der Waals surface area contributed by atoms with Gasteiger partial charge in [0.05, 0.1) is 11.5 Å². The van der Waals surface area contributed by atoms with Gasteiger partial charge in [-0.1, -0.05) is 12.1 Å². The van der Waals surface area contributed by atoms with Gasteiger partial charge in [0, 0.05) is 19.6 Å². The van der Waals surface area contributed by atoms with E-state index in [-0.39, 0.29) is 42.0 Å². The first-order valence-corrected chi connectivity index (χ1v) is 10.1. The number of amides is 2. The summed E-state index contributed by atoms with van der Waals surface area (Å²) in [6.07, 6.45) is 5.51. The molecule has 0 aromatic heterocycles. The molecule has 2 unspecified atom stereocenters. The van der Waals surface area contributed by atoms with Crippen molar-refractivity contribution in [1.29, 1.82) is 0 Å². The summed E-state index contributed by atoms with van der Waals surface area (Å²) in [5.74, 6) is 0.207. The Hall–Kier alpha value is -1.66. The van der Waals surface area contributed by atoms with Crippen LogP contribution in [0.1, 0.15) is 44.1 Å². The van der Waals surface area contributed by atoms with Crippen molar-refractivity contribution in [3.05, 3.63) is 35.6 Å². The van der Waals surface area contributed by atoms with Crippen LogP contribution in [0, 0.1) is 11.7 Å². The molecule has 1 aliphatic carbocycles. The van der Waals surface area contributed by atoms with Crippen molar-refractivity contribution < 1.29 is 14.0 Å². The molecule has 0 bridgehead atoms. The van der Waals surface area contributed by atoms with Crippen LogP contribution < -0.4 is 10.6 Å². The highest BCUT2D eigenvalue weighted by Gasteiger charge is 2.53. The smallest absolute Gasteiger partial charge is 0.237 e. The molecule has 4 rings (SSSR count). The standard InChI is InChI=1S/C21H28FN3O2.ClH/c22-17-6-1-5-16(12-17)21(8-9-21)20(27)25-11-3-4-15(14-25)13-24-19(26)18-7-2-10-23-18;/h1,5-6,12,15,18,23H,2-4,7-11,13-14H2,(H,24,26);1H. The van der Waals surface area contributed by atoms with Gasteiger partial charge in [0.15, 0.2) is 0 Å². The van der Waals surface area contributed by atoms with Gasteiger partial charge in [0.25, 0.3) is 0 Å². The van der Waals surface area contributed by atoms with Gasteiger partial charge in [-0.25, -0.2) is 4.39 Å². The van der Waals surface area contributed by atoms with Crippen molar-refractivity contribution in [3.8, 4) is 0 Å². The summed E-state index contributed by atoms with van der Waals surface area (Å²) in [4.78, 5) is 27.3. The molecule has 2 amide bonds. The average Bonchev–Trinajstić information content (AvgIpc) is 3.32. The van der Waals surface area contributed by atoms with Crippen molar-refractivity contribution in [3.63, 3.8) is 0 Å². The Kier molecular flexibility index (Phi) is 6.61. The average molecular weight is 410 g/mol. The Morgan fingerprint density at radius 2 is 2.07 bits per heavy atom. The first kappa shape index (κ1) is 21.1. The first-order chi connectivity index (χ1) is 13.1. The van der Waals surface area contributed by atoms with Crippen molar-refractivity contribution >= 4 is 24.2 Å². The number of carbonyl (C=O) groups is 2. The van der Waals surface area contributed by atoms with Crippen LogP contribution in [0.2, 0.25) is 0 Å². The zero-order valence-electron chi connectivity index (χ0n) is 16.1. The maximum Gasteiger partial charge on any atom is 0.237 e. The van der Waals surface area contributed by atoms with E-state index < -0.39 is 5.41 Å². The molecule has 154 valence electrons. The molecule has 3 fully saturated rings.